The minimum atomic E-state index is -0.873. The zero-order valence-corrected chi connectivity index (χ0v) is 11.6. The van der Waals surface area contributed by atoms with Gasteiger partial charge < -0.3 is 10.0 Å². The number of carboxylic acids is 1. The standard InChI is InChI=1S/C14H22N2O3/c1-3-16(9-10(2)8-15)13(17)11-6-4-5-7-12(11)14(18)19/h10-12H,3-7,9H2,1-2H3,(H,18,19). The molecule has 0 saturated heterocycles. The number of carbonyl (C=O) groups excluding carboxylic acids is 1. The third-order valence-corrected chi connectivity index (χ3v) is 3.81. The number of nitrogens with zero attached hydrogens (tertiary/aromatic N) is 2. The van der Waals surface area contributed by atoms with Crippen molar-refractivity contribution in [3.05, 3.63) is 0 Å². The van der Waals surface area contributed by atoms with Crippen LogP contribution >= 0.6 is 0 Å². The molecule has 0 aliphatic heterocycles. The van der Waals surface area contributed by atoms with Crippen LogP contribution in [0.25, 0.3) is 0 Å². The van der Waals surface area contributed by atoms with Crippen molar-refractivity contribution in [1.82, 2.24) is 4.90 Å². The molecular weight excluding hydrogens is 244 g/mol. The maximum atomic E-state index is 12.4. The molecule has 3 unspecified atom stereocenters. The van der Waals surface area contributed by atoms with Crippen molar-refractivity contribution < 1.29 is 14.7 Å². The summed E-state index contributed by atoms with van der Waals surface area (Å²) in [5.41, 5.74) is 0. The maximum Gasteiger partial charge on any atom is 0.307 e. The van der Waals surface area contributed by atoms with E-state index in [1.165, 1.54) is 0 Å². The van der Waals surface area contributed by atoms with Crippen LogP contribution in [0, 0.1) is 29.1 Å². The normalized spacial score (nSPS) is 24.3. The van der Waals surface area contributed by atoms with Crippen molar-refractivity contribution in [3.63, 3.8) is 0 Å². The van der Waals surface area contributed by atoms with E-state index in [2.05, 4.69) is 6.07 Å². The van der Waals surface area contributed by atoms with E-state index in [0.29, 0.717) is 25.9 Å². The predicted octanol–water partition coefficient (Wildman–Crippen LogP) is 1.89. The molecule has 5 heteroatoms. The van der Waals surface area contributed by atoms with Gasteiger partial charge in [-0.25, -0.2) is 0 Å². The van der Waals surface area contributed by atoms with Crippen molar-refractivity contribution in [3.8, 4) is 6.07 Å². The van der Waals surface area contributed by atoms with Crippen LogP contribution in [0.3, 0.4) is 0 Å². The molecule has 1 fully saturated rings. The first kappa shape index (κ1) is 15.5. The highest BCUT2D eigenvalue weighted by Crippen LogP contribution is 2.31. The molecule has 1 saturated carbocycles. The van der Waals surface area contributed by atoms with Gasteiger partial charge in [0.1, 0.15) is 0 Å². The van der Waals surface area contributed by atoms with Gasteiger partial charge in [0.05, 0.1) is 23.8 Å². The van der Waals surface area contributed by atoms with Gasteiger partial charge in [-0.1, -0.05) is 12.8 Å². The third-order valence-electron chi connectivity index (χ3n) is 3.81. The van der Waals surface area contributed by atoms with E-state index in [0.717, 1.165) is 12.8 Å². The molecule has 1 amide bonds. The Hall–Kier alpha value is -1.57. The van der Waals surface area contributed by atoms with Gasteiger partial charge in [-0.2, -0.15) is 5.26 Å². The Kier molecular flexibility index (Phi) is 5.81. The Bertz CT molecular complexity index is 375. The maximum absolute atomic E-state index is 12.4. The number of hydrogen-bond acceptors (Lipinski definition) is 3. The number of rotatable bonds is 5. The number of carboxylic acid groups (broad SMARTS) is 1. The van der Waals surface area contributed by atoms with Crippen molar-refractivity contribution in [1.29, 1.82) is 5.26 Å². The molecular formula is C14H22N2O3. The van der Waals surface area contributed by atoms with Crippen molar-refractivity contribution in [2.45, 2.75) is 39.5 Å². The average Bonchev–Trinajstić information content (AvgIpc) is 2.43. The van der Waals surface area contributed by atoms with E-state index < -0.39 is 17.8 Å². The van der Waals surface area contributed by atoms with Crippen molar-refractivity contribution in [2.75, 3.05) is 13.1 Å². The quantitative estimate of drug-likeness (QED) is 0.823. The second-order valence-corrected chi connectivity index (χ2v) is 5.24. The molecule has 0 bridgehead atoms. The summed E-state index contributed by atoms with van der Waals surface area (Å²) in [7, 11) is 0. The van der Waals surface area contributed by atoms with E-state index in [-0.39, 0.29) is 11.8 Å². The summed E-state index contributed by atoms with van der Waals surface area (Å²) in [6.45, 7) is 4.54. The lowest BCUT2D eigenvalue weighted by Gasteiger charge is -2.32. The molecule has 1 rings (SSSR count). The first-order chi connectivity index (χ1) is 9.01. The van der Waals surface area contributed by atoms with Crippen LogP contribution < -0.4 is 0 Å². The zero-order chi connectivity index (χ0) is 14.4. The molecule has 0 aromatic heterocycles. The summed E-state index contributed by atoms with van der Waals surface area (Å²) in [5.74, 6) is -2.18. The Morgan fingerprint density at radius 3 is 2.42 bits per heavy atom. The smallest absolute Gasteiger partial charge is 0.307 e. The van der Waals surface area contributed by atoms with E-state index in [1.807, 2.05) is 6.92 Å². The van der Waals surface area contributed by atoms with E-state index in [1.54, 1.807) is 11.8 Å². The van der Waals surface area contributed by atoms with Gasteiger partial charge in [0.2, 0.25) is 5.91 Å². The number of amides is 1. The topological polar surface area (TPSA) is 81.4 Å². The number of hydrogen-bond donors (Lipinski definition) is 1. The minimum Gasteiger partial charge on any atom is -0.481 e. The van der Waals surface area contributed by atoms with Crippen LogP contribution in [0.2, 0.25) is 0 Å². The van der Waals surface area contributed by atoms with Gasteiger partial charge in [0, 0.05) is 13.1 Å². The van der Waals surface area contributed by atoms with Gasteiger partial charge in [0.15, 0.2) is 0 Å². The second kappa shape index (κ2) is 7.13. The van der Waals surface area contributed by atoms with Crippen LogP contribution in [0.4, 0.5) is 0 Å². The Morgan fingerprint density at radius 2 is 1.95 bits per heavy atom. The first-order valence-electron chi connectivity index (χ1n) is 6.92. The fourth-order valence-electron chi connectivity index (χ4n) is 2.70. The molecule has 1 N–H and O–H groups in total. The summed E-state index contributed by atoms with van der Waals surface area (Å²) in [5, 5.41) is 18.0. The summed E-state index contributed by atoms with van der Waals surface area (Å²) in [6.07, 6.45) is 3.01. The van der Waals surface area contributed by atoms with Crippen LogP contribution in [-0.4, -0.2) is 35.0 Å². The number of nitriles is 1. The van der Waals surface area contributed by atoms with Gasteiger partial charge >= 0.3 is 5.97 Å². The fraction of sp³-hybridized carbons (Fsp3) is 0.786. The Balaban J connectivity index is 2.77. The molecule has 19 heavy (non-hydrogen) atoms. The van der Waals surface area contributed by atoms with Crippen molar-refractivity contribution >= 4 is 11.9 Å². The minimum absolute atomic E-state index is 0.100. The molecule has 0 radical (unpaired) electrons. The summed E-state index contributed by atoms with van der Waals surface area (Å²) in [6, 6.07) is 2.11. The largest absolute Gasteiger partial charge is 0.481 e. The van der Waals surface area contributed by atoms with Crippen LogP contribution in [0.5, 0.6) is 0 Å². The number of carbonyl (C=O) groups is 2. The highest BCUT2D eigenvalue weighted by Gasteiger charge is 2.37. The summed E-state index contributed by atoms with van der Waals surface area (Å²) >= 11 is 0. The molecule has 0 heterocycles. The molecule has 5 nitrogen and oxygen atoms in total. The molecule has 0 aromatic carbocycles. The molecule has 106 valence electrons. The molecule has 0 spiro atoms. The molecule has 1 aliphatic rings. The van der Waals surface area contributed by atoms with E-state index in [4.69, 9.17) is 5.26 Å². The van der Waals surface area contributed by atoms with Gasteiger partial charge in [-0.3, -0.25) is 9.59 Å². The average molecular weight is 266 g/mol. The Morgan fingerprint density at radius 1 is 1.37 bits per heavy atom. The molecule has 3 atom stereocenters. The summed E-state index contributed by atoms with van der Waals surface area (Å²) < 4.78 is 0. The number of aliphatic carboxylic acids is 1. The lowest BCUT2D eigenvalue weighted by Crippen LogP contribution is -2.43. The molecule has 0 aromatic rings. The third kappa shape index (κ3) is 3.95. The zero-order valence-electron chi connectivity index (χ0n) is 11.6. The van der Waals surface area contributed by atoms with Crippen LogP contribution in [0.15, 0.2) is 0 Å². The van der Waals surface area contributed by atoms with E-state index in [9.17, 15) is 14.7 Å². The van der Waals surface area contributed by atoms with Crippen LogP contribution in [0.1, 0.15) is 39.5 Å². The van der Waals surface area contributed by atoms with Crippen molar-refractivity contribution in [2.24, 2.45) is 17.8 Å². The van der Waals surface area contributed by atoms with Gasteiger partial charge in [-0.15, -0.1) is 0 Å². The van der Waals surface area contributed by atoms with Gasteiger partial charge in [-0.05, 0) is 26.7 Å². The predicted molar refractivity (Wildman–Crippen MR) is 70.1 cm³/mol. The first-order valence-corrected chi connectivity index (χ1v) is 6.92. The summed E-state index contributed by atoms with van der Waals surface area (Å²) in [4.78, 5) is 25.3. The Labute approximate surface area is 114 Å². The highest BCUT2D eigenvalue weighted by molar-refractivity contribution is 5.85. The molecule has 1 aliphatic carbocycles. The van der Waals surface area contributed by atoms with E-state index >= 15 is 0 Å². The SMILES string of the molecule is CCN(CC(C)C#N)C(=O)C1CCCCC1C(=O)O. The fourth-order valence-corrected chi connectivity index (χ4v) is 2.70. The highest BCUT2D eigenvalue weighted by atomic mass is 16.4. The van der Waals surface area contributed by atoms with Gasteiger partial charge in [0.25, 0.3) is 0 Å². The second-order valence-electron chi connectivity index (χ2n) is 5.24. The monoisotopic (exact) mass is 266 g/mol. The lowest BCUT2D eigenvalue weighted by atomic mass is 9.78. The van der Waals surface area contributed by atoms with Crippen LogP contribution in [-0.2, 0) is 9.59 Å². The lowest BCUT2D eigenvalue weighted by molar-refractivity contribution is -0.152.